The standard InChI is InChI=1S/C24H22N4O3/c1-2-15-25-24(31)16-11-13-17(14-12-16)28-23(19-8-4-6-10-21(19)30)26-22(27-28)18-7-3-5-9-20(18)29/h3-14,29-30H,2,15H2,1H3,(H,25,31). The van der Waals surface area contributed by atoms with Crippen LogP contribution in [0.3, 0.4) is 0 Å². The summed E-state index contributed by atoms with van der Waals surface area (Å²) in [6.07, 6.45) is 0.863. The lowest BCUT2D eigenvalue weighted by Crippen LogP contribution is -2.23. The van der Waals surface area contributed by atoms with Crippen LogP contribution in [0, 0.1) is 0 Å². The second-order valence-electron chi connectivity index (χ2n) is 7.01. The molecular formula is C24H22N4O3. The molecule has 3 N–H and O–H groups in total. The maximum atomic E-state index is 12.2. The van der Waals surface area contributed by atoms with Crippen LogP contribution < -0.4 is 5.32 Å². The zero-order chi connectivity index (χ0) is 21.8. The largest absolute Gasteiger partial charge is 0.507 e. The summed E-state index contributed by atoms with van der Waals surface area (Å²) in [7, 11) is 0. The minimum absolute atomic E-state index is 0.0615. The van der Waals surface area contributed by atoms with Gasteiger partial charge >= 0.3 is 0 Å². The summed E-state index contributed by atoms with van der Waals surface area (Å²) in [5.74, 6) is 0.727. The van der Waals surface area contributed by atoms with Crippen LogP contribution in [0.1, 0.15) is 23.7 Å². The lowest BCUT2D eigenvalue weighted by atomic mass is 10.1. The highest BCUT2D eigenvalue weighted by Gasteiger charge is 2.19. The zero-order valence-electron chi connectivity index (χ0n) is 17.0. The van der Waals surface area contributed by atoms with Gasteiger partial charge in [0.2, 0.25) is 0 Å². The van der Waals surface area contributed by atoms with Gasteiger partial charge in [-0.15, -0.1) is 5.10 Å². The minimum Gasteiger partial charge on any atom is -0.507 e. The SMILES string of the molecule is CCCNC(=O)c1ccc(-n2nc(-c3ccccc3O)nc2-c2ccccc2O)cc1. The van der Waals surface area contributed by atoms with Gasteiger partial charge in [-0.2, -0.15) is 0 Å². The molecule has 0 bridgehead atoms. The number of amides is 1. The number of carbonyl (C=O) groups excluding carboxylic acids is 1. The quantitative estimate of drug-likeness (QED) is 0.440. The van der Waals surface area contributed by atoms with E-state index >= 15 is 0 Å². The van der Waals surface area contributed by atoms with E-state index in [1.54, 1.807) is 77.5 Å². The predicted molar refractivity (Wildman–Crippen MR) is 118 cm³/mol. The third kappa shape index (κ3) is 4.11. The van der Waals surface area contributed by atoms with E-state index in [2.05, 4.69) is 15.4 Å². The third-order valence-corrected chi connectivity index (χ3v) is 4.81. The van der Waals surface area contributed by atoms with Crippen LogP contribution >= 0.6 is 0 Å². The molecule has 0 aliphatic rings. The number of aromatic nitrogens is 3. The van der Waals surface area contributed by atoms with E-state index in [1.165, 1.54) is 0 Å². The molecule has 0 aliphatic carbocycles. The fourth-order valence-corrected chi connectivity index (χ4v) is 3.20. The summed E-state index contributed by atoms with van der Waals surface area (Å²) in [5, 5.41) is 28.1. The van der Waals surface area contributed by atoms with Crippen molar-refractivity contribution < 1.29 is 15.0 Å². The van der Waals surface area contributed by atoms with Crippen LogP contribution in [-0.4, -0.2) is 37.4 Å². The molecular weight excluding hydrogens is 392 g/mol. The Balaban J connectivity index is 1.80. The van der Waals surface area contributed by atoms with Crippen molar-refractivity contribution in [3.63, 3.8) is 0 Å². The summed E-state index contributed by atoms with van der Waals surface area (Å²) < 4.78 is 1.59. The maximum Gasteiger partial charge on any atom is 0.251 e. The van der Waals surface area contributed by atoms with Crippen LogP contribution in [0.2, 0.25) is 0 Å². The Bertz CT molecular complexity index is 1220. The number of benzene rings is 3. The molecule has 0 atom stereocenters. The second kappa shape index (κ2) is 8.71. The summed E-state index contributed by atoms with van der Waals surface area (Å²) in [4.78, 5) is 16.8. The van der Waals surface area contributed by atoms with Crippen molar-refractivity contribution in [3.8, 4) is 40.0 Å². The van der Waals surface area contributed by atoms with Crippen LogP contribution in [0.25, 0.3) is 28.5 Å². The normalized spacial score (nSPS) is 10.7. The Morgan fingerprint density at radius 1 is 0.903 bits per heavy atom. The maximum absolute atomic E-state index is 12.2. The number of para-hydroxylation sites is 2. The van der Waals surface area contributed by atoms with Gasteiger partial charge < -0.3 is 15.5 Å². The Hall–Kier alpha value is -4.13. The highest BCUT2D eigenvalue weighted by atomic mass is 16.3. The molecule has 0 radical (unpaired) electrons. The number of nitrogens with one attached hydrogen (secondary N) is 1. The van der Waals surface area contributed by atoms with Crippen molar-refractivity contribution in [1.82, 2.24) is 20.1 Å². The van der Waals surface area contributed by atoms with Crippen molar-refractivity contribution in [2.45, 2.75) is 13.3 Å². The Morgan fingerprint density at radius 3 is 2.13 bits per heavy atom. The van der Waals surface area contributed by atoms with E-state index in [4.69, 9.17) is 0 Å². The third-order valence-electron chi connectivity index (χ3n) is 4.81. The highest BCUT2D eigenvalue weighted by molar-refractivity contribution is 5.94. The molecule has 7 heteroatoms. The van der Waals surface area contributed by atoms with Crippen LogP contribution in [0.4, 0.5) is 0 Å². The smallest absolute Gasteiger partial charge is 0.251 e. The van der Waals surface area contributed by atoms with Gasteiger partial charge in [-0.05, 0) is 55.0 Å². The highest BCUT2D eigenvalue weighted by Crippen LogP contribution is 2.33. The van der Waals surface area contributed by atoms with E-state index in [0.717, 1.165) is 6.42 Å². The van der Waals surface area contributed by atoms with Crippen molar-refractivity contribution >= 4 is 5.91 Å². The van der Waals surface area contributed by atoms with Crippen molar-refractivity contribution in [2.24, 2.45) is 0 Å². The van der Waals surface area contributed by atoms with Gasteiger partial charge in [0, 0.05) is 12.1 Å². The molecule has 7 nitrogen and oxygen atoms in total. The van der Waals surface area contributed by atoms with Gasteiger partial charge in [0.15, 0.2) is 11.6 Å². The molecule has 4 aromatic rings. The first-order valence-corrected chi connectivity index (χ1v) is 10.0. The number of aromatic hydroxyl groups is 2. The Morgan fingerprint density at radius 2 is 1.52 bits per heavy atom. The second-order valence-corrected chi connectivity index (χ2v) is 7.01. The molecule has 156 valence electrons. The Labute approximate surface area is 179 Å². The molecule has 1 amide bonds. The summed E-state index contributed by atoms with van der Waals surface area (Å²) in [6, 6.07) is 20.6. The molecule has 0 unspecified atom stereocenters. The van der Waals surface area contributed by atoms with Gasteiger partial charge in [-0.1, -0.05) is 31.2 Å². The van der Waals surface area contributed by atoms with Crippen molar-refractivity contribution in [1.29, 1.82) is 0 Å². The molecule has 0 spiro atoms. The predicted octanol–water partition coefficient (Wildman–Crippen LogP) is 4.15. The van der Waals surface area contributed by atoms with Gasteiger partial charge in [0.25, 0.3) is 5.91 Å². The molecule has 3 aromatic carbocycles. The van der Waals surface area contributed by atoms with Gasteiger partial charge in [0.1, 0.15) is 11.5 Å². The molecule has 0 saturated heterocycles. The van der Waals surface area contributed by atoms with E-state index in [9.17, 15) is 15.0 Å². The van der Waals surface area contributed by atoms with E-state index in [-0.39, 0.29) is 17.4 Å². The fourth-order valence-electron chi connectivity index (χ4n) is 3.20. The molecule has 4 rings (SSSR count). The lowest BCUT2D eigenvalue weighted by Gasteiger charge is -2.08. The van der Waals surface area contributed by atoms with Crippen LogP contribution in [-0.2, 0) is 0 Å². The average Bonchev–Trinajstić information content (AvgIpc) is 3.23. The first kappa shape index (κ1) is 20.2. The van der Waals surface area contributed by atoms with E-state index in [1.807, 2.05) is 6.92 Å². The first-order valence-electron chi connectivity index (χ1n) is 10.0. The summed E-state index contributed by atoms with van der Waals surface area (Å²) in [6.45, 7) is 2.61. The van der Waals surface area contributed by atoms with Gasteiger partial charge in [-0.25, -0.2) is 9.67 Å². The monoisotopic (exact) mass is 414 g/mol. The van der Waals surface area contributed by atoms with Crippen molar-refractivity contribution in [2.75, 3.05) is 6.54 Å². The van der Waals surface area contributed by atoms with E-state index < -0.39 is 0 Å². The number of nitrogens with zero attached hydrogens (tertiary/aromatic N) is 3. The molecule has 31 heavy (non-hydrogen) atoms. The van der Waals surface area contributed by atoms with Crippen LogP contribution in [0.15, 0.2) is 72.8 Å². The summed E-state index contributed by atoms with van der Waals surface area (Å²) in [5.41, 5.74) is 2.19. The summed E-state index contributed by atoms with van der Waals surface area (Å²) >= 11 is 0. The molecule has 0 fully saturated rings. The minimum atomic E-state index is -0.136. The van der Waals surface area contributed by atoms with Gasteiger partial charge in [0.05, 0.1) is 16.8 Å². The zero-order valence-corrected chi connectivity index (χ0v) is 17.0. The fraction of sp³-hybridized carbons (Fsp3) is 0.125. The number of phenolic OH excluding ortho intramolecular Hbond substituents is 2. The number of hydrogen-bond donors (Lipinski definition) is 3. The number of rotatable bonds is 6. The number of carbonyl (C=O) groups is 1. The topological polar surface area (TPSA) is 100 Å². The molecule has 1 aromatic heterocycles. The van der Waals surface area contributed by atoms with E-state index in [0.29, 0.717) is 40.6 Å². The number of hydrogen-bond acceptors (Lipinski definition) is 5. The molecule has 1 heterocycles. The average molecular weight is 414 g/mol. The molecule has 0 saturated carbocycles. The Kier molecular flexibility index (Phi) is 5.66. The van der Waals surface area contributed by atoms with Crippen LogP contribution in [0.5, 0.6) is 11.5 Å². The van der Waals surface area contributed by atoms with Crippen molar-refractivity contribution in [3.05, 3.63) is 78.4 Å². The van der Waals surface area contributed by atoms with Gasteiger partial charge in [-0.3, -0.25) is 4.79 Å². The molecule has 0 aliphatic heterocycles. The number of phenols is 2. The lowest BCUT2D eigenvalue weighted by molar-refractivity contribution is 0.0953. The first-order chi connectivity index (χ1) is 15.1.